The Bertz CT molecular complexity index is 368. The van der Waals surface area contributed by atoms with Gasteiger partial charge in [-0.05, 0) is 35.0 Å². The molecule has 1 aromatic carbocycles. The maximum absolute atomic E-state index is 11.4. The molecule has 0 aliphatic heterocycles. The van der Waals surface area contributed by atoms with E-state index in [-0.39, 0.29) is 5.02 Å². The summed E-state index contributed by atoms with van der Waals surface area (Å²) >= 11 is 9.09. The minimum absolute atomic E-state index is 0.281. The Morgan fingerprint density at radius 2 is 2.29 bits per heavy atom. The van der Waals surface area contributed by atoms with Gasteiger partial charge in [-0.15, -0.1) is 0 Å². The number of carbonyl (C=O) groups is 1. The lowest BCUT2D eigenvalue weighted by Gasteiger charge is -2.06. The fourth-order valence-corrected chi connectivity index (χ4v) is 1.53. The molecule has 0 radical (unpaired) electrons. The zero-order valence-corrected chi connectivity index (χ0v) is 9.85. The van der Waals surface area contributed by atoms with Crippen LogP contribution in [0.1, 0.15) is 17.3 Å². The normalized spacial score (nSPS) is 9.93. The molecule has 76 valence electrons. The van der Waals surface area contributed by atoms with Gasteiger partial charge >= 0.3 is 5.97 Å². The van der Waals surface area contributed by atoms with Crippen LogP contribution in [0.5, 0.6) is 0 Å². The molecule has 0 bridgehead atoms. The zero-order chi connectivity index (χ0) is 10.7. The van der Waals surface area contributed by atoms with E-state index in [1.54, 1.807) is 19.1 Å². The molecule has 0 unspecified atom stereocenters. The molecule has 14 heavy (non-hydrogen) atoms. The number of esters is 1. The van der Waals surface area contributed by atoms with Crippen molar-refractivity contribution in [3.63, 3.8) is 0 Å². The molecule has 0 saturated carbocycles. The highest BCUT2D eigenvalue weighted by atomic mass is 79.9. The van der Waals surface area contributed by atoms with Crippen molar-refractivity contribution in [3.8, 4) is 0 Å². The van der Waals surface area contributed by atoms with Crippen molar-refractivity contribution in [3.05, 3.63) is 27.2 Å². The summed E-state index contributed by atoms with van der Waals surface area (Å²) in [5.74, 6) is -0.446. The maximum Gasteiger partial charge on any atom is 0.339 e. The maximum atomic E-state index is 11.4. The molecule has 3 nitrogen and oxygen atoms in total. The number of nitrogens with two attached hydrogens (primary N) is 1. The van der Waals surface area contributed by atoms with Crippen molar-refractivity contribution in [2.75, 3.05) is 12.3 Å². The monoisotopic (exact) mass is 277 g/mol. The molecule has 0 aliphatic rings. The van der Waals surface area contributed by atoms with Gasteiger partial charge < -0.3 is 10.5 Å². The molecular formula is C9H9BrClNO2. The predicted octanol–water partition coefficient (Wildman–Crippen LogP) is 2.86. The minimum Gasteiger partial charge on any atom is -0.462 e. The molecule has 1 rings (SSSR count). The van der Waals surface area contributed by atoms with E-state index in [1.165, 1.54) is 0 Å². The average molecular weight is 279 g/mol. The zero-order valence-electron chi connectivity index (χ0n) is 7.51. The van der Waals surface area contributed by atoms with Gasteiger partial charge in [-0.3, -0.25) is 0 Å². The summed E-state index contributed by atoms with van der Waals surface area (Å²) in [5, 5.41) is 0.281. The van der Waals surface area contributed by atoms with E-state index < -0.39 is 5.97 Å². The molecule has 0 atom stereocenters. The molecule has 2 N–H and O–H groups in total. The number of benzene rings is 1. The molecule has 0 saturated heterocycles. The second kappa shape index (κ2) is 4.66. The number of ether oxygens (including phenoxy) is 1. The molecule has 0 spiro atoms. The van der Waals surface area contributed by atoms with Crippen LogP contribution in [0.25, 0.3) is 0 Å². The summed E-state index contributed by atoms with van der Waals surface area (Å²) in [6.45, 7) is 2.05. The first-order chi connectivity index (χ1) is 6.57. The van der Waals surface area contributed by atoms with Gasteiger partial charge in [-0.1, -0.05) is 11.6 Å². The fraction of sp³-hybridized carbons (Fsp3) is 0.222. The van der Waals surface area contributed by atoms with E-state index in [2.05, 4.69) is 15.9 Å². The van der Waals surface area contributed by atoms with E-state index >= 15 is 0 Å². The van der Waals surface area contributed by atoms with Crippen LogP contribution in [0.4, 0.5) is 5.69 Å². The van der Waals surface area contributed by atoms with Gasteiger partial charge in [-0.25, -0.2) is 4.79 Å². The van der Waals surface area contributed by atoms with Gasteiger partial charge in [0.25, 0.3) is 0 Å². The van der Waals surface area contributed by atoms with Crippen LogP contribution in [0.2, 0.25) is 5.02 Å². The number of hydrogen-bond donors (Lipinski definition) is 1. The highest BCUT2D eigenvalue weighted by Gasteiger charge is 2.14. The topological polar surface area (TPSA) is 52.3 Å². The SMILES string of the molecule is CCOC(=O)c1ccc(N)c(Br)c1Cl. The third-order valence-corrected chi connectivity index (χ3v) is 3.08. The summed E-state index contributed by atoms with van der Waals surface area (Å²) in [7, 11) is 0. The summed E-state index contributed by atoms with van der Waals surface area (Å²) in [5.41, 5.74) is 6.38. The lowest BCUT2D eigenvalue weighted by Crippen LogP contribution is -2.06. The van der Waals surface area contributed by atoms with E-state index in [0.717, 1.165) is 0 Å². The molecule has 0 amide bonds. The Balaban J connectivity index is 3.11. The molecule has 5 heteroatoms. The highest BCUT2D eigenvalue weighted by Crippen LogP contribution is 2.31. The van der Waals surface area contributed by atoms with Crippen molar-refractivity contribution < 1.29 is 9.53 Å². The first-order valence-electron chi connectivity index (χ1n) is 3.98. The number of halogens is 2. The van der Waals surface area contributed by atoms with Crippen molar-refractivity contribution in [2.24, 2.45) is 0 Å². The number of carbonyl (C=O) groups excluding carboxylic acids is 1. The fourth-order valence-electron chi connectivity index (χ4n) is 0.931. The number of anilines is 1. The highest BCUT2D eigenvalue weighted by molar-refractivity contribution is 9.10. The van der Waals surface area contributed by atoms with Crippen molar-refractivity contribution >= 4 is 39.2 Å². The quantitative estimate of drug-likeness (QED) is 0.668. The molecule has 0 aliphatic carbocycles. The Kier molecular flexibility index (Phi) is 3.77. The first-order valence-corrected chi connectivity index (χ1v) is 5.15. The third kappa shape index (κ3) is 2.19. The number of rotatable bonds is 2. The van der Waals surface area contributed by atoms with Crippen LogP contribution >= 0.6 is 27.5 Å². The average Bonchev–Trinajstić information content (AvgIpc) is 2.15. The second-order valence-electron chi connectivity index (χ2n) is 2.55. The van der Waals surface area contributed by atoms with Crippen LogP contribution in [0, 0.1) is 0 Å². The number of nitrogen functional groups attached to an aromatic ring is 1. The molecule has 1 aromatic rings. The van der Waals surface area contributed by atoms with Crippen LogP contribution in [-0.4, -0.2) is 12.6 Å². The van der Waals surface area contributed by atoms with Gasteiger partial charge in [0.2, 0.25) is 0 Å². The summed E-state index contributed by atoms with van der Waals surface area (Å²) in [4.78, 5) is 11.4. The van der Waals surface area contributed by atoms with Gasteiger partial charge in [0.1, 0.15) is 0 Å². The smallest absolute Gasteiger partial charge is 0.339 e. The van der Waals surface area contributed by atoms with Gasteiger partial charge in [-0.2, -0.15) is 0 Å². The Morgan fingerprint density at radius 1 is 1.64 bits per heavy atom. The summed E-state index contributed by atoms with van der Waals surface area (Å²) < 4.78 is 5.34. The minimum atomic E-state index is -0.446. The third-order valence-electron chi connectivity index (χ3n) is 1.61. The van der Waals surface area contributed by atoms with Crippen LogP contribution in [0.15, 0.2) is 16.6 Å². The van der Waals surface area contributed by atoms with E-state index in [0.29, 0.717) is 22.3 Å². The predicted molar refractivity (Wildman–Crippen MR) is 59.5 cm³/mol. The Hall–Kier alpha value is -0.740. The largest absolute Gasteiger partial charge is 0.462 e. The molecular weight excluding hydrogens is 269 g/mol. The summed E-state index contributed by atoms with van der Waals surface area (Å²) in [6, 6.07) is 3.14. The number of hydrogen-bond acceptors (Lipinski definition) is 3. The van der Waals surface area contributed by atoms with Gasteiger partial charge in [0, 0.05) is 5.69 Å². The summed E-state index contributed by atoms with van der Waals surface area (Å²) in [6.07, 6.45) is 0. The van der Waals surface area contributed by atoms with Crippen molar-refractivity contribution in [1.82, 2.24) is 0 Å². The van der Waals surface area contributed by atoms with Crippen molar-refractivity contribution in [1.29, 1.82) is 0 Å². The van der Waals surface area contributed by atoms with Crippen LogP contribution in [-0.2, 0) is 4.74 Å². The van der Waals surface area contributed by atoms with Crippen LogP contribution in [0.3, 0.4) is 0 Å². The second-order valence-corrected chi connectivity index (χ2v) is 3.72. The van der Waals surface area contributed by atoms with E-state index in [4.69, 9.17) is 22.1 Å². The first kappa shape index (κ1) is 11.3. The van der Waals surface area contributed by atoms with E-state index in [1.807, 2.05) is 0 Å². The lowest BCUT2D eigenvalue weighted by molar-refractivity contribution is 0.0526. The van der Waals surface area contributed by atoms with Gasteiger partial charge in [0.15, 0.2) is 0 Å². The Morgan fingerprint density at radius 3 is 2.86 bits per heavy atom. The Labute approximate surface area is 95.3 Å². The molecule has 0 aromatic heterocycles. The van der Waals surface area contributed by atoms with E-state index in [9.17, 15) is 4.79 Å². The standard InChI is InChI=1S/C9H9BrClNO2/c1-2-14-9(13)5-3-4-6(12)7(10)8(5)11/h3-4H,2,12H2,1H3. The molecule has 0 heterocycles. The lowest BCUT2D eigenvalue weighted by atomic mass is 10.2. The van der Waals surface area contributed by atoms with Crippen molar-refractivity contribution in [2.45, 2.75) is 6.92 Å². The molecule has 0 fully saturated rings. The van der Waals surface area contributed by atoms with Crippen LogP contribution < -0.4 is 5.73 Å². The van der Waals surface area contributed by atoms with Gasteiger partial charge in [0.05, 0.1) is 21.7 Å².